The molecule has 1 atom stereocenters. The van der Waals surface area contributed by atoms with Gasteiger partial charge in [0, 0.05) is 16.7 Å². The Morgan fingerprint density at radius 3 is 3.12 bits per heavy atom. The smallest absolute Gasteiger partial charge is 0.213 e. The summed E-state index contributed by atoms with van der Waals surface area (Å²) in [5, 5.41) is 3.44. The molecule has 1 saturated heterocycles. The van der Waals surface area contributed by atoms with E-state index in [1.807, 2.05) is 12.1 Å². The lowest BCUT2D eigenvalue weighted by molar-refractivity contribution is 0.268. The molecule has 0 spiro atoms. The molecule has 2 rings (SSSR count). The van der Waals surface area contributed by atoms with Gasteiger partial charge in [-0.2, -0.15) is 0 Å². The van der Waals surface area contributed by atoms with Gasteiger partial charge in [-0.1, -0.05) is 0 Å². The van der Waals surface area contributed by atoms with Gasteiger partial charge >= 0.3 is 0 Å². The van der Waals surface area contributed by atoms with Gasteiger partial charge in [0.15, 0.2) is 0 Å². The van der Waals surface area contributed by atoms with Crippen LogP contribution in [0.25, 0.3) is 0 Å². The number of hydrogen-bond donors (Lipinski definition) is 1. The molecule has 0 amide bonds. The van der Waals surface area contributed by atoms with Crippen molar-refractivity contribution in [1.82, 2.24) is 10.3 Å². The summed E-state index contributed by atoms with van der Waals surface area (Å²) in [6, 6.07) is 3.85. The molecular formula is C13H19BrN2O. The summed E-state index contributed by atoms with van der Waals surface area (Å²) in [7, 11) is 0. The summed E-state index contributed by atoms with van der Waals surface area (Å²) in [5.41, 5.74) is 0. The summed E-state index contributed by atoms with van der Waals surface area (Å²) in [6.45, 7) is 3.14. The van der Waals surface area contributed by atoms with Gasteiger partial charge in [0.05, 0.1) is 6.61 Å². The van der Waals surface area contributed by atoms with Gasteiger partial charge in [-0.05, 0) is 66.7 Å². The van der Waals surface area contributed by atoms with E-state index >= 15 is 0 Å². The molecule has 1 unspecified atom stereocenters. The molecule has 3 nitrogen and oxygen atoms in total. The fraction of sp³-hybridized carbons (Fsp3) is 0.615. The van der Waals surface area contributed by atoms with Crippen molar-refractivity contribution in [3.63, 3.8) is 0 Å². The molecule has 2 heterocycles. The zero-order chi connectivity index (χ0) is 11.9. The van der Waals surface area contributed by atoms with E-state index in [-0.39, 0.29) is 0 Å². The minimum absolute atomic E-state index is 0.718. The summed E-state index contributed by atoms with van der Waals surface area (Å²) >= 11 is 3.35. The fourth-order valence-corrected chi connectivity index (χ4v) is 2.40. The summed E-state index contributed by atoms with van der Waals surface area (Å²) in [5.74, 6) is 1.56. The van der Waals surface area contributed by atoms with Crippen LogP contribution >= 0.6 is 15.9 Å². The first-order chi connectivity index (χ1) is 8.34. The standard InChI is InChI=1S/C13H19BrN2O/c14-12-5-6-13(16-10-12)17-8-2-4-11-3-1-7-15-9-11/h5-6,10-11,15H,1-4,7-9H2. The first-order valence-corrected chi connectivity index (χ1v) is 7.09. The highest BCUT2D eigenvalue weighted by molar-refractivity contribution is 9.10. The van der Waals surface area contributed by atoms with E-state index < -0.39 is 0 Å². The van der Waals surface area contributed by atoms with Gasteiger partial charge in [0.25, 0.3) is 0 Å². The molecule has 1 aliphatic heterocycles. The van der Waals surface area contributed by atoms with E-state index in [0.717, 1.165) is 29.3 Å². The number of ether oxygens (including phenoxy) is 1. The zero-order valence-electron chi connectivity index (χ0n) is 9.99. The van der Waals surface area contributed by atoms with Crippen LogP contribution in [0, 0.1) is 5.92 Å². The predicted octanol–water partition coefficient (Wildman–Crippen LogP) is 3.00. The maximum atomic E-state index is 5.60. The topological polar surface area (TPSA) is 34.1 Å². The number of halogens is 1. The van der Waals surface area contributed by atoms with Crippen LogP contribution in [-0.4, -0.2) is 24.7 Å². The molecule has 1 aliphatic rings. The molecule has 0 radical (unpaired) electrons. The first-order valence-electron chi connectivity index (χ1n) is 6.29. The largest absolute Gasteiger partial charge is 0.478 e. The number of nitrogens with zero attached hydrogens (tertiary/aromatic N) is 1. The molecule has 1 aromatic rings. The average molecular weight is 299 g/mol. The quantitative estimate of drug-likeness (QED) is 0.849. The van der Waals surface area contributed by atoms with Crippen molar-refractivity contribution >= 4 is 15.9 Å². The van der Waals surface area contributed by atoms with Crippen molar-refractivity contribution in [3.05, 3.63) is 22.8 Å². The lowest BCUT2D eigenvalue weighted by Crippen LogP contribution is -2.29. The molecule has 0 aliphatic carbocycles. The van der Waals surface area contributed by atoms with Crippen LogP contribution in [0.2, 0.25) is 0 Å². The second kappa shape index (κ2) is 6.97. The molecule has 1 N–H and O–H groups in total. The minimum atomic E-state index is 0.718. The van der Waals surface area contributed by atoms with E-state index in [1.54, 1.807) is 6.20 Å². The molecule has 1 fully saturated rings. The van der Waals surface area contributed by atoms with Gasteiger partial charge in [-0.25, -0.2) is 4.98 Å². The van der Waals surface area contributed by atoms with Crippen LogP contribution in [0.4, 0.5) is 0 Å². The van der Waals surface area contributed by atoms with Crippen molar-refractivity contribution in [2.45, 2.75) is 25.7 Å². The normalized spacial score (nSPS) is 20.2. The fourth-order valence-electron chi connectivity index (χ4n) is 2.17. The van der Waals surface area contributed by atoms with Crippen molar-refractivity contribution in [2.24, 2.45) is 5.92 Å². The summed E-state index contributed by atoms with van der Waals surface area (Å²) < 4.78 is 6.58. The van der Waals surface area contributed by atoms with Crippen LogP contribution < -0.4 is 10.1 Å². The van der Waals surface area contributed by atoms with E-state index in [1.165, 1.54) is 32.4 Å². The van der Waals surface area contributed by atoms with Crippen LogP contribution in [0.5, 0.6) is 5.88 Å². The van der Waals surface area contributed by atoms with Crippen LogP contribution in [-0.2, 0) is 0 Å². The maximum Gasteiger partial charge on any atom is 0.213 e. The van der Waals surface area contributed by atoms with Gasteiger partial charge in [-0.15, -0.1) is 0 Å². The second-order valence-electron chi connectivity index (χ2n) is 4.52. The van der Waals surface area contributed by atoms with Crippen LogP contribution in [0.15, 0.2) is 22.8 Å². The molecule has 0 bridgehead atoms. The van der Waals surface area contributed by atoms with E-state index in [2.05, 4.69) is 26.2 Å². The van der Waals surface area contributed by atoms with E-state index in [0.29, 0.717) is 0 Å². The molecule has 0 saturated carbocycles. The number of hydrogen-bond acceptors (Lipinski definition) is 3. The lowest BCUT2D eigenvalue weighted by Gasteiger charge is -2.22. The SMILES string of the molecule is Brc1ccc(OCCCC2CCCNC2)nc1. The molecule has 4 heteroatoms. The number of rotatable bonds is 5. The first kappa shape index (κ1) is 12.8. The highest BCUT2D eigenvalue weighted by atomic mass is 79.9. The van der Waals surface area contributed by atoms with Gasteiger partial charge in [0.2, 0.25) is 5.88 Å². The Morgan fingerprint density at radius 1 is 1.47 bits per heavy atom. The zero-order valence-corrected chi connectivity index (χ0v) is 11.6. The van der Waals surface area contributed by atoms with E-state index in [9.17, 15) is 0 Å². The van der Waals surface area contributed by atoms with Crippen LogP contribution in [0.1, 0.15) is 25.7 Å². The summed E-state index contributed by atoms with van der Waals surface area (Å²) in [4.78, 5) is 4.18. The van der Waals surface area contributed by atoms with Gasteiger partial charge in [-0.3, -0.25) is 0 Å². The average Bonchev–Trinajstić information content (AvgIpc) is 2.38. The van der Waals surface area contributed by atoms with Crippen molar-refractivity contribution in [2.75, 3.05) is 19.7 Å². The van der Waals surface area contributed by atoms with Crippen LogP contribution in [0.3, 0.4) is 0 Å². The third-order valence-electron chi connectivity index (χ3n) is 3.11. The Labute approximate surface area is 111 Å². The Bertz CT molecular complexity index is 323. The molecule has 0 aromatic carbocycles. The van der Waals surface area contributed by atoms with Gasteiger partial charge in [0.1, 0.15) is 0 Å². The maximum absolute atomic E-state index is 5.60. The summed E-state index contributed by atoms with van der Waals surface area (Å²) in [6.07, 6.45) is 6.82. The lowest BCUT2D eigenvalue weighted by atomic mass is 9.95. The Hall–Kier alpha value is -0.610. The highest BCUT2D eigenvalue weighted by Crippen LogP contribution is 2.16. The van der Waals surface area contributed by atoms with Crippen molar-refractivity contribution in [3.8, 4) is 5.88 Å². The number of piperidine rings is 1. The molecule has 17 heavy (non-hydrogen) atoms. The second-order valence-corrected chi connectivity index (χ2v) is 5.43. The number of aromatic nitrogens is 1. The Morgan fingerprint density at radius 2 is 2.41 bits per heavy atom. The van der Waals surface area contributed by atoms with Gasteiger partial charge < -0.3 is 10.1 Å². The third-order valence-corrected chi connectivity index (χ3v) is 3.57. The minimum Gasteiger partial charge on any atom is -0.478 e. The number of nitrogens with one attached hydrogen (secondary N) is 1. The van der Waals surface area contributed by atoms with E-state index in [4.69, 9.17) is 4.74 Å². The Balaban J connectivity index is 1.60. The molecule has 94 valence electrons. The predicted molar refractivity (Wildman–Crippen MR) is 72.3 cm³/mol. The molecule has 1 aromatic heterocycles. The number of pyridine rings is 1. The van der Waals surface area contributed by atoms with Crippen molar-refractivity contribution < 1.29 is 4.74 Å². The van der Waals surface area contributed by atoms with Crippen molar-refractivity contribution in [1.29, 1.82) is 0 Å². The monoisotopic (exact) mass is 298 g/mol. The third kappa shape index (κ3) is 4.64. The Kier molecular flexibility index (Phi) is 5.26. The molecular weight excluding hydrogens is 280 g/mol. The highest BCUT2D eigenvalue weighted by Gasteiger charge is 2.12.